The van der Waals surface area contributed by atoms with Crippen LogP contribution in [0.2, 0.25) is 0 Å². The number of carbonyl (C=O) groups is 1. The number of carbonyl (C=O) groups excluding carboxylic acids is 1. The van der Waals surface area contributed by atoms with E-state index >= 15 is 0 Å². The van der Waals surface area contributed by atoms with Crippen molar-refractivity contribution in [3.05, 3.63) is 59.8 Å². The Balaban J connectivity index is 1.96. The first-order valence-electron chi connectivity index (χ1n) is 8.43. The molecule has 3 rings (SSSR count). The van der Waals surface area contributed by atoms with Crippen molar-refractivity contribution in [2.75, 3.05) is 12.4 Å². The van der Waals surface area contributed by atoms with Crippen LogP contribution in [0.1, 0.15) is 17.2 Å². The van der Waals surface area contributed by atoms with Crippen LogP contribution in [0.3, 0.4) is 0 Å². The molecule has 148 valence electrons. The van der Waals surface area contributed by atoms with Gasteiger partial charge in [0.25, 0.3) is 0 Å². The summed E-state index contributed by atoms with van der Waals surface area (Å²) in [6.07, 6.45) is 0. The van der Waals surface area contributed by atoms with E-state index in [0.717, 1.165) is 5.56 Å². The van der Waals surface area contributed by atoms with Gasteiger partial charge in [0.2, 0.25) is 10.0 Å². The van der Waals surface area contributed by atoms with E-state index in [1.807, 2.05) is 6.07 Å². The van der Waals surface area contributed by atoms with Crippen LogP contribution in [0.5, 0.6) is 0 Å². The normalized spacial score (nSPS) is 12.2. The second-order valence-electron chi connectivity index (χ2n) is 6.07. The molecule has 29 heavy (non-hydrogen) atoms. The minimum Gasteiger partial charge on any atom is -0.468 e. The number of fused-ring (bicyclic) bond motifs is 1. The van der Waals surface area contributed by atoms with Gasteiger partial charge in [-0.2, -0.15) is 5.26 Å². The lowest BCUT2D eigenvalue weighted by atomic mass is 10.1. The smallest absolute Gasteiger partial charge is 0.329 e. The molecule has 0 radical (unpaired) electrons. The maximum atomic E-state index is 12.0. The van der Waals surface area contributed by atoms with Gasteiger partial charge in [0.05, 0.1) is 29.1 Å². The van der Waals surface area contributed by atoms with Crippen LogP contribution in [0.4, 0.5) is 5.82 Å². The number of para-hydroxylation sites is 2. The van der Waals surface area contributed by atoms with Crippen molar-refractivity contribution in [3.8, 4) is 6.07 Å². The number of rotatable bonds is 6. The fourth-order valence-electron chi connectivity index (χ4n) is 2.67. The summed E-state index contributed by atoms with van der Waals surface area (Å²) in [5.41, 5.74) is 2.02. The van der Waals surface area contributed by atoms with Gasteiger partial charge in [-0.1, -0.05) is 24.3 Å². The predicted molar refractivity (Wildman–Crippen MR) is 105 cm³/mol. The third-order valence-corrected chi connectivity index (χ3v) is 5.08. The highest BCUT2D eigenvalue weighted by Crippen LogP contribution is 2.25. The largest absolute Gasteiger partial charge is 0.468 e. The molecule has 0 aliphatic rings. The summed E-state index contributed by atoms with van der Waals surface area (Å²) in [6, 6.07) is 15.0. The van der Waals surface area contributed by atoms with E-state index in [2.05, 4.69) is 15.3 Å². The molecule has 3 aromatic rings. The quantitative estimate of drug-likeness (QED) is 0.582. The fourth-order valence-corrected chi connectivity index (χ4v) is 3.19. The zero-order valence-corrected chi connectivity index (χ0v) is 16.2. The van der Waals surface area contributed by atoms with Gasteiger partial charge in [0.1, 0.15) is 5.69 Å². The van der Waals surface area contributed by atoms with Crippen molar-refractivity contribution in [3.63, 3.8) is 0 Å². The summed E-state index contributed by atoms with van der Waals surface area (Å²) in [6.45, 7) is 0.254. The van der Waals surface area contributed by atoms with Gasteiger partial charge in [-0.25, -0.2) is 23.5 Å². The van der Waals surface area contributed by atoms with E-state index in [4.69, 9.17) is 9.88 Å². The molecular formula is C19H17N5O4S. The van der Waals surface area contributed by atoms with E-state index in [-0.39, 0.29) is 23.0 Å². The van der Waals surface area contributed by atoms with Gasteiger partial charge in [0, 0.05) is 6.54 Å². The lowest BCUT2D eigenvalue weighted by Crippen LogP contribution is -2.17. The molecule has 1 atom stereocenters. The Kier molecular flexibility index (Phi) is 5.72. The molecule has 1 aromatic heterocycles. The van der Waals surface area contributed by atoms with E-state index in [1.165, 1.54) is 19.2 Å². The van der Waals surface area contributed by atoms with Crippen LogP contribution in [0, 0.1) is 11.3 Å². The Morgan fingerprint density at radius 3 is 2.34 bits per heavy atom. The number of hydrogen-bond acceptors (Lipinski definition) is 8. The van der Waals surface area contributed by atoms with Crippen LogP contribution < -0.4 is 10.5 Å². The van der Waals surface area contributed by atoms with Gasteiger partial charge in [-0.3, -0.25) is 4.79 Å². The van der Waals surface area contributed by atoms with Crippen molar-refractivity contribution < 1.29 is 17.9 Å². The van der Waals surface area contributed by atoms with Gasteiger partial charge >= 0.3 is 5.97 Å². The number of hydrogen-bond donors (Lipinski definition) is 2. The number of nitrogens with zero attached hydrogens (tertiary/aromatic N) is 3. The van der Waals surface area contributed by atoms with Crippen molar-refractivity contribution in [2.45, 2.75) is 17.4 Å². The van der Waals surface area contributed by atoms with E-state index in [1.54, 1.807) is 36.4 Å². The first-order chi connectivity index (χ1) is 13.8. The topological polar surface area (TPSA) is 148 Å². The number of sulfonamides is 1. The Bertz CT molecular complexity index is 1200. The monoisotopic (exact) mass is 411 g/mol. The van der Waals surface area contributed by atoms with Gasteiger partial charge in [0.15, 0.2) is 11.7 Å². The molecular weight excluding hydrogens is 394 g/mol. The SMILES string of the molecule is COC(=O)C(C#N)c1nc2ccccc2nc1NCc1ccc(S(N)(=O)=O)cc1. The highest BCUT2D eigenvalue weighted by molar-refractivity contribution is 7.89. The molecule has 0 spiro atoms. The van der Waals surface area contributed by atoms with Crippen LogP contribution in [0.25, 0.3) is 11.0 Å². The number of nitrogens with one attached hydrogen (secondary N) is 1. The van der Waals surface area contributed by atoms with Crippen molar-refractivity contribution >= 4 is 32.8 Å². The Morgan fingerprint density at radius 2 is 1.79 bits per heavy atom. The lowest BCUT2D eigenvalue weighted by molar-refractivity contribution is -0.141. The molecule has 0 amide bonds. The van der Waals surface area contributed by atoms with Crippen molar-refractivity contribution in [1.82, 2.24) is 9.97 Å². The standard InChI is InChI=1S/C19H17N5O4S/c1-28-19(25)14(10-20)17-18(24-16-5-3-2-4-15(16)23-17)22-11-12-6-8-13(9-7-12)29(21,26)27/h2-9,14H,11H2,1H3,(H,22,24)(H2,21,26,27). The number of nitriles is 1. The molecule has 0 bridgehead atoms. The zero-order valence-electron chi connectivity index (χ0n) is 15.4. The summed E-state index contributed by atoms with van der Waals surface area (Å²) < 4.78 is 27.4. The average molecular weight is 411 g/mol. The molecule has 0 fully saturated rings. The number of nitrogens with two attached hydrogens (primary N) is 1. The van der Waals surface area contributed by atoms with Crippen molar-refractivity contribution in [1.29, 1.82) is 5.26 Å². The summed E-state index contributed by atoms with van der Waals surface area (Å²) in [5, 5.41) is 17.6. The van der Waals surface area contributed by atoms with Crippen LogP contribution in [-0.2, 0) is 26.1 Å². The summed E-state index contributed by atoms with van der Waals surface area (Å²) in [4.78, 5) is 20.9. The van der Waals surface area contributed by atoms with E-state index < -0.39 is 21.9 Å². The fraction of sp³-hybridized carbons (Fsp3) is 0.158. The minimum absolute atomic E-state index is 0.00247. The molecule has 0 aliphatic carbocycles. The number of ether oxygens (including phenoxy) is 1. The first kappa shape index (κ1) is 20.2. The second kappa shape index (κ2) is 8.22. The minimum atomic E-state index is -3.77. The third-order valence-electron chi connectivity index (χ3n) is 4.15. The number of primary sulfonamides is 1. The van der Waals surface area contributed by atoms with E-state index in [0.29, 0.717) is 11.0 Å². The van der Waals surface area contributed by atoms with Crippen molar-refractivity contribution in [2.24, 2.45) is 5.14 Å². The summed E-state index contributed by atoms with van der Waals surface area (Å²) in [5.74, 6) is -1.72. The summed E-state index contributed by atoms with van der Waals surface area (Å²) >= 11 is 0. The first-order valence-corrected chi connectivity index (χ1v) is 9.98. The maximum Gasteiger partial charge on any atom is 0.329 e. The Morgan fingerprint density at radius 1 is 1.17 bits per heavy atom. The van der Waals surface area contributed by atoms with Crippen LogP contribution >= 0.6 is 0 Å². The van der Waals surface area contributed by atoms with E-state index in [9.17, 15) is 18.5 Å². The molecule has 2 aromatic carbocycles. The Hall–Kier alpha value is -3.55. The van der Waals surface area contributed by atoms with Gasteiger partial charge < -0.3 is 10.1 Å². The molecule has 9 nitrogen and oxygen atoms in total. The van der Waals surface area contributed by atoms with Gasteiger partial charge in [-0.15, -0.1) is 0 Å². The summed E-state index contributed by atoms with van der Waals surface area (Å²) in [7, 11) is -2.58. The predicted octanol–water partition coefficient (Wildman–Crippen LogP) is 1.67. The van der Waals surface area contributed by atoms with Crippen LogP contribution in [-0.4, -0.2) is 31.5 Å². The molecule has 3 N–H and O–H groups in total. The molecule has 1 heterocycles. The molecule has 10 heteroatoms. The Labute approximate surface area is 167 Å². The average Bonchev–Trinajstić information content (AvgIpc) is 2.72. The highest BCUT2D eigenvalue weighted by Gasteiger charge is 2.27. The second-order valence-corrected chi connectivity index (χ2v) is 7.64. The number of esters is 1. The van der Waals surface area contributed by atoms with Gasteiger partial charge in [-0.05, 0) is 29.8 Å². The number of benzene rings is 2. The number of anilines is 1. The zero-order chi connectivity index (χ0) is 21.0. The molecule has 0 saturated carbocycles. The molecule has 1 unspecified atom stereocenters. The third kappa shape index (κ3) is 4.48. The van der Waals surface area contributed by atoms with Crippen LogP contribution in [0.15, 0.2) is 53.4 Å². The molecule has 0 saturated heterocycles. The number of methoxy groups -OCH3 is 1. The molecule has 0 aliphatic heterocycles. The number of aromatic nitrogens is 2. The maximum absolute atomic E-state index is 12.0. The lowest BCUT2D eigenvalue weighted by Gasteiger charge is -2.14. The highest BCUT2D eigenvalue weighted by atomic mass is 32.2.